The van der Waals surface area contributed by atoms with Crippen molar-refractivity contribution in [3.05, 3.63) is 59.4 Å². The Morgan fingerprint density at radius 1 is 1.17 bits per heavy atom. The summed E-state index contributed by atoms with van der Waals surface area (Å²) in [6.45, 7) is 3.23. The van der Waals surface area contributed by atoms with Gasteiger partial charge in [-0.2, -0.15) is 0 Å². The highest BCUT2D eigenvalue weighted by Gasteiger charge is 2.14. The van der Waals surface area contributed by atoms with Crippen molar-refractivity contribution in [3.63, 3.8) is 0 Å². The van der Waals surface area contributed by atoms with Gasteiger partial charge in [0.25, 0.3) is 0 Å². The van der Waals surface area contributed by atoms with Crippen molar-refractivity contribution in [2.75, 3.05) is 20.3 Å². The van der Waals surface area contributed by atoms with Gasteiger partial charge >= 0.3 is 0 Å². The quantitative estimate of drug-likeness (QED) is 0.803. The van der Waals surface area contributed by atoms with E-state index in [2.05, 4.69) is 6.92 Å². The predicted molar refractivity (Wildman–Crippen MR) is 90.7 cm³/mol. The Morgan fingerprint density at radius 3 is 2.65 bits per heavy atom. The zero-order valence-electron chi connectivity index (χ0n) is 13.7. The molecule has 3 nitrogen and oxygen atoms in total. The van der Waals surface area contributed by atoms with Crippen LogP contribution < -0.4 is 15.2 Å². The molecule has 0 aliphatic carbocycles. The van der Waals surface area contributed by atoms with E-state index < -0.39 is 0 Å². The standard InChI is InChI=1S/C19H24FNO2/c1-3-9-23-17-6-4-5-14(11-17)10-16(13-21)15-7-8-19(22-2)18(20)12-15/h4-8,11-12,16H,3,9-10,13,21H2,1-2H3. The van der Waals surface area contributed by atoms with E-state index in [-0.39, 0.29) is 17.5 Å². The molecular weight excluding hydrogens is 293 g/mol. The maximum Gasteiger partial charge on any atom is 0.165 e. The maximum absolute atomic E-state index is 13.9. The zero-order chi connectivity index (χ0) is 16.7. The largest absolute Gasteiger partial charge is 0.494 e. The number of nitrogens with two attached hydrogens (primary N) is 1. The lowest BCUT2D eigenvalue weighted by Gasteiger charge is -2.17. The highest BCUT2D eigenvalue weighted by molar-refractivity contribution is 5.34. The van der Waals surface area contributed by atoms with Crippen LogP contribution >= 0.6 is 0 Å². The summed E-state index contributed by atoms with van der Waals surface area (Å²) < 4.78 is 24.5. The van der Waals surface area contributed by atoms with Crippen molar-refractivity contribution < 1.29 is 13.9 Å². The lowest BCUT2D eigenvalue weighted by Crippen LogP contribution is -2.15. The van der Waals surface area contributed by atoms with Crippen molar-refractivity contribution in [2.24, 2.45) is 5.73 Å². The maximum atomic E-state index is 13.9. The monoisotopic (exact) mass is 317 g/mol. The molecule has 4 heteroatoms. The Kier molecular flexibility index (Phi) is 6.41. The summed E-state index contributed by atoms with van der Waals surface area (Å²) in [4.78, 5) is 0. The minimum absolute atomic E-state index is 0.0526. The van der Waals surface area contributed by atoms with E-state index in [0.29, 0.717) is 13.2 Å². The number of halogens is 1. The van der Waals surface area contributed by atoms with Gasteiger partial charge in [-0.05, 0) is 54.8 Å². The molecule has 0 aromatic heterocycles. The molecule has 0 saturated carbocycles. The number of ether oxygens (including phenoxy) is 2. The summed E-state index contributed by atoms with van der Waals surface area (Å²) in [6, 6.07) is 13.0. The summed E-state index contributed by atoms with van der Waals surface area (Å²) in [7, 11) is 1.46. The Bertz CT molecular complexity index is 631. The second kappa shape index (κ2) is 8.53. The Hall–Kier alpha value is -2.07. The van der Waals surface area contributed by atoms with Gasteiger partial charge in [0.15, 0.2) is 11.6 Å². The highest BCUT2D eigenvalue weighted by Crippen LogP contribution is 2.26. The fourth-order valence-corrected chi connectivity index (χ4v) is 2.54. The molecule has 2 rings (SSSR count). The van der Waals surface area contributed by atoms with E-state index in [0.717, 1.165) is 29.7 Å². The van der Waals surface area contributed by atoms with Crippen molar-refractivity contribution >= 4 is 0 Å². The van der Waals surface area contributed by atoms with Crippen LogP contribution in [0.4, 0.5) is 4.39 Å². The van der Waals surface area contributed by atoms with Crippen molar-refractivity contribution in [2.45, 2.75) is 25.7 Å². The van der Waals surface area contributed by atoms with Crippen LogP contribution in [0.5, 0.6) is 11.5 Å². The lowest BCUT2D eigenvalue weighted by atomic mass is 9.92. The van der Waals surface area contributed by atoms with Crippen molar-refractivity contribution in [3.8, 4) is 11.5 Å². The first-order valence-electron chi connectivity index (χ1n) is 7.93. The molecule has 0 fully saturated rings. The minimum atomic E-state index is -0.358. The van der Waals surface area contributed by atoms with E-state index in [1.54, 1.807) is 6.07 Å². The van der Waals surface area contributed by atoms with Gasteiger partial charge in [0.1, 0.15) is 5.75 Å². The fraction of sp³-hybridized carbons (Fsp3) is 0.368. The second-order valence-corrected chi connectivity index (χ2v) is 5.53. The Balaban J connectivity index is 2.14. The molecule has 0 radical (unpaired) electrons. The van der Waals surface area contributed by atoms with Gasteiger partial charge in [0.2, 0.25) is 0 Å². The number of benzene rings is 2. The molecule has 124 valence electrons. The molecule has 0 saturated heterocycles. The van der Waals surface area contributed by atoms with Crippen LogP contribution in [0, 0.1) is 5.82 Å². The summed E-state index contributed by atoms with van der Waals surface area (Å²) >= 11 is 0. The number of hydrogen-bond acceptors (Lipinski definition) is 3. The third-order valence-corrected chi connectivity index (χ3v) is 3.79. The van der Waals surface area contributed by atoms with Crippen molar-refractivity contribution in [1.82, 2.24) is 0 Å². The summed E-state index contributed by atoms with van der Waals surface area (Å²) in [6.07, 6.45) is 1.71. The van der Waals surface area contributed by atoms with E-state index in [9.17, 15) is 4.39 Å². The van der Waals surface area contributed by atoms with E-state index in [4.69, 9.17) is 15.2 Å². The molecule has 0 bridgehead atoms. The highest BCUT2D eigenvalue weighted by atomic mass is 19.1. The zero-order valence-corrected chi connectivity index (χ0v) is 13.7. The van der Waals surface area contributed by atoms with E-state index in [1.807, 2.05) is 30.3 Å². The second-order valence-electron chi connectivity index (χ2n) is 5.53. The van der Waals surface area contributed by atoms with E-state index >= 15 is 0 Å². The molecule has 1 unspecified atom stereocenters. The first-order chi connectivity index (χ1) is 11.2. The SMILES string of the molecule is CCCOc1cccc(CC(CN)c2ccc(OC)c(F)c2)c1. The third kappa shape index (κ3) is 4.70. The molecular formula is C19H24FNO2. The van der Waals surface area contributed by atoms with Gasteiger partial charge in [0, 0.05) is 5.92 Å². The average Bonchev–Trinajstić information content (AvgIpc) is 2.58. The van der Waals surface area contributed by atoms with Crippen LogP contribution in [0.2, 0.25) is 0 Å². The molecule has 1 atom stereocenters. The topological polar surface area (TPSA) is 44.5 Å². The summed E-state index contributed by atoms with van der Waals surface area (Å²) in [5.74, 6) is 0.806. The molecule has 2 N–H and O–H groups in total. The molecule has 0 amide bonds. The smallest absolute Gasteiger partial charge is 0.165 e. The number of methoxy groups -OCH3 is 1. The predicted octanol–water partition coefficient (Wildman–Crippen LogP) is 3.91. The minimum Gasteiger partial charge on any atom is -0.494 e. The number of rotatable bonds is 8. The van der Waals surface area contributed by atoms with Gasteiger partial charge in [0.05, 0.1) is 13.7 Å². The molecule has 0 aliphatic heterocycles. The normalized spacial score (nSPS) is 12.0. The Morgan fingerprint density at radius 2 is 2.00 bits per heavy atom. The summed E-state index contributed by atoms with van der Waals surface area (Å²) in [5.41, 5.74) is 7.92. The Labute approximate surface area is 137 Å². The molecule has 0 spiro atoms. The van der Waals surface area contributed by atoms with Crippen LogP contribution in [0.15, 0.2) is 42.5 Å². The van der Waals surface area contributed by atoms with Gasteiger partial charge in [-0.25, -0.2) is 4.39 Å². The van der Waals surface area contributed by atoms with Crippen molar-refractivity contribution in [1.29, 1.82) is 0 Å². The van der Waals surface area contributed by atoms with Gasteiger partial charge < -0.3 is 15.2 Å². The fourth-order valence-electron chi connectivity index (χ4n) is 2.54. The first kappa shape index (κ1) is 17.3. The average molecular weight is 317 g/mol. The first-order valence-corrected chi connectivity index (χ1v) is 7.93. The van der Waals surface area contributed by atoms with Gasteiger partial charge in [-0.1, -0.05) is 25.1 Å². The van der Waals surface area contributed by atoms with Crippen LogP contribution in [-0.4, -0.2) is 20.3 Å². The van der Waals surface area contributed by atoms with E-state index in [1.165, 1.54) is 13.2 Å². The third-order valence-electron chi connectivity index (χ3n) is 3.79. The number of hydrogen-bond donors (Lipinski definition) is 1. The molecule has 23 heavy (non-hydrogen) atoms. The molecule has 0 aliphatic rings. The molecule has 2 aromatic carbocycles. The van der Waals surface area contributed by atoms with Crippen LogP contribution in [-0.2, 0) is 6.42 Å². The summed E-state index contributed by atoms with van der Waals surface area (Å²) in [5, 5.41) is 0. The molecule has 2 aromatic rings. The van der Waals surface area contributed by atoms with Crippen LogP contribution in [0.1, 0.15) is 30.4 Å². The van der Waals surface area contributed by atoms with Gasteiger partial charge in [-0.15, -0.1) is 0 Å². The lowest BCUT2D eigenvalue weighted by molar-refractivity contribution is 0.317. The van der Waals surface area contributed by atoms with Crippen LogP contribution in [0.3, 0.4) is 0 Å². The van der Waals surface area contributed by atoms with Gasteiger partial charge in [-0.3, -0.25) is 0 Å². The molecule has 0 heterocycles. The van der Waals surface area contributed by atoms with Crippen LogP contribution in [0.25, 0.3) is 0 Å².